The first-order chi connectivity index (χ1) is 8.06. The maximum absolute atomic E-state index is 11.8. The van der Waals surface area contributed by atoms with Crippen molar-refractivity contribution in [3.05, 3.63) is 22.7 Å². The van der Waals surface area contributed by atoms with Gasteiger partial charge in [0.25, 0.3) is 5.56 Å². The molecule has 0 saturated carbocycles. The molecule has 17 heavy (non-hydrogen) atoms. The number of aromatic nitrogens is 2. The molecular weight excluding hydrogens is 226 g/mol. The normalized spacial score (nSPS) is 10.2. The van der Waals surface area contributed by atoms with Gasteiger partial charge in [0.05, 0.1) is 6.61 Å². The molecule has 1 aromatic heterocycles. The van der Waals surface area contributed by atoms with Gasteiger partial charge in [0.15, 0.2) is 5.82 Å². The van der Waals surface area contributed by atoms with Crippen molar-refractivity contribution in [2.45, 2.75) is 0 Å². The van der Waals surface area contributed by atoms with E-state index >= 15 is 0 Å². The minimum atomic E-state index is -1.02. The number of aliphatic carboxylic acids is 1. The summed E-state index contributed by atoms with van der Waals surface area (Å²) in [5.74, 6) is -0.900. The van der Waals surface area contributed by atoms with E-state index in [4.69, 9.17) is 9.84 Å². The van der Waals surface area contributed by atoms with Gasteiger partial charge in [0.2, 0.25) is 0 Å². The summed E-state index contributed by atoms with van der Waals surface area (Å²) in [6.07, 6.45) is 2.97. The highest BCUT2D eigenvalue weighted by atomic mass is 16.5. The molecule has 0 unspecified atom stereocenters. The van der Waals surface area contributed by atoms with Crippen molar-refractivity contribution in [2.75, 3.05) is 31.7 Å². The molecule has 0 aliphatic rings. The first kappa shape index (κ1) is 13.2. The van der Waals surface area contributed by atoms with Crippen molar-refractivity contribution in [3.63, 3.8) is 0 Å². The van der Waals surface area contributed by atoms with E-state index in [9.17, 15) is 9.59 Å². The Balaban J connectivity index is 2.99. The van der Waals surface area contributed by atoms with Crippen LogP contribution in [0, 0.1) is 0 Å². The molecule has 0 atom stereocenters. The summed E-state index contributed by atoms with van der Waals surface area (Å²) in [5, 5.41) is 8.79. The van der Waals surface area contributed by atoms with E-state index < -0.39 is 5.97 Å². The standard InChI is InChI=1S/C10H15N3O4/c1-12-4-3-11-9(10(12)16)13(5-6-17-2)7-8(14)15/h3-4H,5-7H2,1-2H3,(H,14,15). The Morgan fingerprint density at radius 2 is 2.35 bits per heavy atom. The number of hydrogen-bond donors (Lipinski definition) is 1. The van der Waals surface area contributed by atoms with Gasteiger partial charge in [-0.1, -0.05) is 0 Å². The van der Waals surface area contributed by atoms with Crippen LogP contribution in [-0.4, -0.2) is 47.4 Å². The molecule has 0 aliphatic heterocycles. The molecule has 0 radical (unpaired) electrons. The quantitative estimate of drug-likeness (QED) is 0.710. The number of anilines is 1. The average Bonchev–Trinajstić information content (AvgIpc) is 2.28. The predicted molar refractivity (Wildman–Crippen MR) is 61.2 cm³/mol. The number of carboxylic acids is 1. The summed E-state index contributed by atoms with van der Waals surface area (Å²) < 4.78 is 6.23. The van der Waals surface area contributed by atoms with E-state index in [1.807, 2.05) is 0 Å². The minimum Gasteiger partial charge on any atom is -0.480 e. The number of ether oxygens (including phenoxy) is 1. The summed E-state index contributed by atoms with van der Waals surface area (Å²) in [5.41, 5.74) is -0.329. The number of carboxylic acid groups (broad SMARTS) is 1. The molecule has 0 amide bonds. The fraction of sp³-hybridized carbons (Fsp3) is 0.500. The lowest BCUT2D eigenvalue weighted by Gasteiger charge is -2.20. The molecule has 0 bridgehead atoms. The zero-order chi connectivity index (χ0) is 12.8. The van der Waals surface area contributed by atoms with Crippen LogP contribution in [-0.2, 0) is 16.6 Å². The number of rotatable bonds is 6. The van der Waals surface area contributed by atoms with Crippen LogP contribution in [0.1, 0.15) is 0 Å². The van der Waals surface area contributed by atoms with Crippen molar-refractivity contribution in [3.8, 4) is 0 Å². The van der Waals surface area contributed by atoms with Crippen molar-refractivity contribution >= 4 is 11.8 Å². The molecule has 1 aromatic rings. The molecule has 0 saturated heterocycles. The summed E-state index contributed by atoms with van der Waals surface area (Å²) >= 11 is 0. The van der Waals surface area contributed by atoms with Gasteiger partial charge < -0.3 is 19.3 Å². The number of methoxy groups -OCH3 is 1. The second-order valence-corrected chi connectivity index (χ2v) is 3.47. The summed E-state index contributed by atoms with van der Waals surface area (Å²) in [6, 6.07) is 0. The minimum absolute atomic E-state index is 0.120. The zero-order valence-electron chi connectivity index (χ0n) is 9.79. The van der Waals surface area contributed by atoms with Gasteiger partial charge >= 0.3 is 5.97 Å². The lowest BCUT2D eigenvalue weighted by atomic mass is 10.4. The lowest BCUT2D eigenvalue weighted by molar-refractivity contribution is -0.135. The summed E-state index contributed by atoms with van der Waals surface area (Å²) in [7, 11) is 3.10. The highest BCUT2D eigenvalue weighted by Crippen LogP contribution is 2.02. The number of nitrogens with zero attached hydrogens (tertiary/aromatic N) is 3. The topological polar surface area (TPSA) is 84.7 Å². The smallest absolute Gasteiger partial charge is 0.323 e. The highest BCUT2D eigenvalue weighted by Gasteiger charge is 2.15. The first-order valence-electron chi connectivity index (χ1n) is 5.03. The van der Waals surface area contributed by atoms with Gasteiger partial charge in [-0.3, -0.25) is 9.59 Å². The monoisotopic (exact) mass is 241 g/mol. The molecule has 7 heteroatoms. The number of carbonyl (C=O) groups is 1. The molecule has 0 fully saturated rings. The number of aryl methyl sites for hydroxylation is 1. The van der Waals surface area contributed by atoms with Crippen LogP contribution in [0.4, 0.5) is 5.82 Å². The highest BCUT2D eigenvalue weighted by molar-refractivity contribution is 5.73. The van der Waals surface area contributed by atoms with Crippen LogP contribution in [0.3, 0.4) is 0 Å². The average molecular weight is 241 g/mol. The maximum Gasteiger partial charge on any atom is 0.323 e. The third kappa shape index (κ3) is 3.56. The Labute approximate surface area is 98.3 Å². The van der Waals surface area contributed by atoms with Crippen LogP contribution in [0.5, 0.6) is 0 Å². The predicted octanol–water partition coefficient (Wildman–Crippen LogP) is -0.682. The molecule has 0 spiro atoms. The van der Waals surface area contributed by atoms with Gasteiger partial charge in [-0.15, -0.1) is 0 Å². The summed E-state index contributed by atoms with van der Waals surface area (Å²) in [6.45, 7) is 0.345. The van der Waals surface area contributed by atoms with Crippen molar-refractivity contribution in [1.82, 2.24) is 9.55 Å². The van der Waals surface area contributed by atoms with E-state index in [2.05, 4.69) is 4.98 Å². The molecule has 0 aromatic carbocycles. The Morgan fingerprint density at radius 3 is 2.94 bits per heavy atom. The van der Waals surface area contributed by atoms with Gasteiger partial charge in [-0.05, 0) is 0 Å². The van der Waals surface area contributed by atoms with Crippen molar-refractivity contribution in [2.24, 2.45) is 7.05 Å². The Morgan fingerprint density at radius 1 is 1.65 bits per heavy atom. The molecule has 1 heterocycles. The second-order valence-electron chi connectivity index (χ2n) is 3.47. The molecule has 94 valence electrons. The fourth-order valence-corrected chi connectivity index (χ4v) is 1.33. The van der Waals surface area contributed by atoms with Crippen molar-refractivity contribution < 1.29 is 14.6 Å². The van der Waals surface area contributed by atoms with Crippen LogP contribution in [0.25, 0.3) is 0 Å². The van der Waals surface area contributed by atoms with Crippen LogP contribution in [0.2, 0.25) is 0 Å². The van der Waals surface area contributed by atoms with Gasteiger partial charge in [-0.2, -0.15) is 0 Å². The van der Waals surface area contributed by atoms with E-state index in [0.717, 1.165) is 0 Å². The Kier molecular flexibility index (Phi) is 4.65. The molecular formula is C10H15N3O4. The molecule has 7 nitrogen and oxygen atoms in total. The Hall–Kier alpha value is -1.89. The zero-order valence-corrected chi connectivity index (χ0v) is 9.79. The largest absolute Gasteiger partial charge is 0.480 e. The maximum atomic E-state index is 11.8. The SMILES string of the molecule is COCCN(CC(=O)O)c1nccn(C)c1=O. The van der Waals surface area contributed by atoms with Gasteiger partial charge in [0.1, 0.15) is 6.54 Å². The van der Waals surface area contributed by atoms with E-state index in [1.165, 1.54) is 29.0 Å². The van der Waals surface area contributed by atoms with Gasteiger partial charge in [0, 0.05) is 33.1 Å². The molecule has 1 N–H and O–H groups in total. The third-order valence-electron chi connectivity index (χ3n) is 2.19. The third-order valence-corrected chi connectivity index (χ3v) is 2.19. The Bertz CT molecular complexity index is 443. The molecule has 1 rings (SSSR count). The van der Waals surface area contributed by atoms with Crippen molar-refractivity contribution in [1.29, 1.82) is 0 Å². The van der Waals surface area contributed by atoms with E-state index in [1.54, 1.807) is 7.05 Å². The molecule has 0 aliphatic carbocycles. The van der Waals surface area contributed by atoms with Gasteiger partial charge in [-0.25, -0.2) is 4.98 Å². The van der Waals surface area contributed by atoms with Crippen LogP contribution in [0.15, 0.2) is 17.2 Å². The van der Waals surface area contributed by atoms with Crippen LogP contribution < -0.4 is 10.5 Å². The fourth-order valence-electron chi connectivity index (χ4n) is 1.33. The second kappa shape index (κ2) is 6.00. The first-order valence-corrected chi connectivity index (χ1v) is 5.03. The van der Waals surface area contributed by atoms with E-state index in [0.29, 0.717) is 13.2 Å². The van der Waals surface area contributed by atoms with Crippen LogP contribution >= 0.6 is 0 Å². The lowest BCUT2D eigenvalue weighted by Crippen LogP contribution is -2.38. The summed E-state index contributed by atoms with van der Waals surface area (Å²) in [4.78, 5) is 27.8. The van der Waals surface area contributed by atoms with E-state index in [-0.39, 0.29) is 17.9 Å². The number of hydrogen-bond acceptors (Lipinski definition) is 5.